The molecule has 1 aliphatic carbocycles. The van der Waals surface area contributed by atoms with Crippen LogP contribution in [0.5, 0.6) is 0 Å². The first-order valence-corrected chi connectivity index (χ1v) is 8.14. The standard InChI is InChI=1S/C23H20/c1-17-13-14-20-21(18-9-5-3-6-10-18)16-23(2,22(20)15-17)19-11-7-4-8-12-19/h3-16H,1-2H3. The first kappa shape index (κ1) is 14.0. The number of rotatable bonds is 2. The second kappa shape index (κ2) is 5.24. The van der Waals surface area contributed by atoms with E-state index in [9.17, 15) is 0 Å². The molecular formula is C23H20. The number of benzene rings is 3. The molecule has 0 amide bonds. The number of hydrogen-bond donors (Lipinski definition) is 0. The molecule has 23 heavy (non-hydrogen) atoms. The van der Waals surface area contributed by atoms with E-state index < -0.39 is 0 Å². The van der Waals surface area contributed by atoms with Gasteiger partial charge in [-0.15, -0.1) is 0 Å². The molecule has 0 bridgehead atoms. The summed E-state index contributed by atoms with van der Waals surface area (Å²) in [4.78, 5) is 0. The van der Waals surface area contributed by atoms with Gasteiger partial charge in [-0.2, -0.15) is 0 Å². The third kappa shape index (κ3) is 2.22. The molecule has 0 aromatic heterocycles. The third-order valence-corrected chi connectivity index (χ3v) is 4.92. The first-order chi connectivity index (χ1) is 11.2. The topological polar surface area (TPSA) is 0 Å². The van der Waals surface area contributed by atoms with Crippen LogP contribution >= 0.6 is 0 Å². The summed E-state index contributed by atoms with van der Waals surface area (Å²) in [5.74, 6) is 0. The van der Waals surface area contributed by atoms with Gasteiger partial charge in [0.25, 0.3) is 0 Å². The third-order valence-electron chi connectivity index (χ3n) is 4.92. The van der Waals surface area contributed by atoms with Gasteiger partial charge in [0.2, 0.25) is 0 Å². The fraction of sp³-hybridized carbons (Fsp3) is 0.130. The molecule has 0 N–H and O–H groups in total. The Balaban J connectivity index is 1.98. The number of hydrogen-bond acceptors (Lipinski definition) is 0. The van der Waals surface area contributed by atoms with Gasteiger partial charge in [0.1, 0.15) is 0 Å². The van der Waals surface area contributed by atoms with Crippen molar-refractivity contribution in [3.05, 3.63) is 113 Å². The summed E-state index contributed by atoms with van der Waals surface area (Å²) in [7, 11) is 0. The lowest BCUT2D eigenvalue weighted by molar-refractivity contribution is 0.737. The van der Waals surface area contributed by atoms with Gasteiger partial charge in [-0.3, -0.25) is 0 Å². The van der Waals surface area contributed by atoms with Crippen LogP contribution in [0.4, 0.5) is 0 Å². The van der Waals surface area contributed by atoms with E-state index in [2.05, 4.69) is 98.8 Å². The zero-order chi connectivity index (χ0) is 15.9. The molecule has 3 aromatic carbocycles. The van der Waals surface area contributed by atoms with Crippen molar-refractivity contribution >= 4 is 5.57 Å². The lowest BCUT2D eigenvalue weighted by atomic mass is 9.78. The molecule has 0 fully saturated rings. The SMILES string of the molecule is Cc1ccc2c(c1)C(C)(c1ccccc1)C=C2c1ccccc1. The Kier molecular flexibility index (Phi) is 3.20. The number of aryl methyl sites for hydroxylation is 1. The molecule has 0 nitrogen and oxygen atoms in total. The van der Waals surface area contributed by atoms with Crippen molar-refractivity contribution in [1.29, 1.82) is 0 Å². The molecular weight excluding hydrogens is 276 g/mol. The summed E-state index contributed by atoms with van der Waals surface area (Å²) in [5.41, 5.74) is 7.97. The lowest BCUT2D eigenvalue weighted by Crippen LogP contribution is -2.18. The van der Waals surface area contributed by atoms with Crippen LogP contribution in [-0.4, -0.2) is 0 Å². The Hall–Kier alpha value is -2.60. The normalized spacial score (nSPS) is 19.3. The summed E-state index contributed by atoms with van der Waals surface area (Å²) in [6, 6.07) is 28.3. The Morgan fingerprint density at radius 3 is 2.09 bits per heavy atom. The molecule has 0 saturated heterocycles. The predicted octanol–water partition coefficient (Wildman–Crippen LogP) is 5.75. The molecule has 4 rings (SSSR count). The van der Waals surface area contributed by atoms with E-state index in [1.807, 2.05) is 0 Å². The van der Waals surface area contributed by atoms with Crippen molar-refractivity contribution in [2.45, 2.75) is 19.3 Å². The molecule has 1 atom stereocenters. The summed E-state index contributed by atoms with van der Waals surface area (Å²) >= 11 is 0. The molecule has 0 spiro atoms. The fourth-order valence-corrected chi connectivity index (χ4v) is 3.65. The minimum absolute atomic E-state index is 0.0756. The molecule has 0 heteroatoms. The zero-order valence-electron chi connectivity index (χ0n) is 13.6. The van der Waals surface area contributed by atoms with Crippen LogP contribution < -0.4 is 0 Å². The van der Waals surface area contributed by atoms with Crippen molar-refractivity contribution in [2.75, 3.05) is 0 Å². The van der Waals surface area contributed by atoms with E-state index in [1.54, 1.807) is 0 Å². The maximum absolute atomic E-state index is 2.43. The zero-order valence-corrected chi connectivity index (χ0v) is 13.6. The van der Waals surface area contributed by atoms with Crippen LogP contribution in [0, 0.1) is 6.92 Å². The predicted molar refractivity (Wildman–Crippen MR) is 97.6 cm³/mol. The van der Waals surface area contributed by atoms with Crippen LogP contribution in [-0.2, 0) is 5.41 Å². The Bertz CT molecular complexity index is 872. The van der Waals surface area contributed by atoms with Gasteiger partial charge in [0.15, 0.2) is 0 Å². The second-order valence-corrected chi connectivity index (χ2v) is 6.54. The molecule has 1 unspecified atom stereocenters. The van der Waals surface area contributed by atoms with Crippen LogP contribution in [0.1, 0.15) is 34.7 Å². The highest BCUT2D eigenvalue weighted by atomic mass is 14.4. The van der Waals surface area contributed by atoms with E-state index in [-0.39, 0.29) is 5.41 Å². The van der Waals surface area contributed by atoms with Crippen LogP contribution in [0.2, 0.25) is 0 Å². The van der Waals surface area contributed by atoms with Gasteiger partial charge in [-0.1, -0.05) is 90.5 Å². The molecule has 0 heterocycles. The van der Waals surface area contributed by atoms with Crippen LogP contribution in [0.3, 0.4) is 0 Å². The van der Waals surface area contributed by atoms with Crippen molar-refractivity contribution < 1.29 is 0 Å². The lowest BCUT2D eigenvalue weighted by Gasteiger charge is -2.25. The number of allylic oxidation sites excluding steroid dienone is 1. The van der Waals surface area contributed by atoms with Gasteiger partial charge in [-0.05, 0) is 41.7 Å². The van der Waals surface area contributed by atoms with E-state index in [0.717, 1.165) is 0 Å². The largest absolute Gasteiger partial charge is 0.0622 e. The molecule has 112 valence electrons. The quantitative estimate of drug-likeness (QED) is 0.565. The van der Waals surface area contributed by atoms with Crippen molar-refractivity contribution in [1.82, 2.24) is 0 Å². The smallest absolute Gasteiger partial charge is 0.0369 e. The highest BCUT2D eigenvalue weighted by Gasteiger charge is 2.35. The Labute approximate surface area is 138 Å². The maximum atomic E-state index is 2.43. The second-order valence-electron chi connectivity index (χ2n) is 6.54. The van der Waals surface area contributed by atoms with Gasteiger partial charge in [-0.25, -0.2) is 0 Å². The van der Waals surface area contributed by atoms with Gasteiger partial charge < -0.3 is 0 Å². The van der Waals surface area contributed by atoms with Crippen LogP contribution in [0.15, 0.2) is 84.9 Å². The van der Waals surface area contributed by atoms with Crippen molar-refractivity contribution in [3.63, 3.8) is 0 Å². The minimum atomic E-state index is -0.0756. The number of fused-ring (bicyclic) bond motifs is 1. The fourth-order valence-electron chi connectivity index (χ4n) is 3.65. The summed E-state index contributed by atoms with van der Waals surface area (Å²) < 4.78 is 0. The Morgan fingerprint density at radius 2 is 1.39 bits per heavy atom. The van der Waals surface area contributed by atoms with E-state index >= 15 is 0 Å². The highest BCUT2D eigenvalue weighted by Crippen LogP contribution is 2.47. The average Bonchev–Trinajstić information content (AvgIpc) is 2.90. The van der Waals surface area contributed by atoms with Gasteiger partial charge in [0, 0.05) is 5.41 Å². The van der Waals surface area contributed by atoms with E-state index in [1.165, 1.54) is 33.4 Å². The van der Waals surface area contributed by atoms with Crippen molar-refractivity contribution in [2.24, 2.45) is 0 Å². The van der Waals surface area contributed by atoms with Gasteiger partial charge >= 0.3 is 0 Å². The monoisotopic (exact) mass is 296 g/mol. The molecule has 0 aliphatic heterocycles. The van der Waals surface area contributed by atoms with E-state index in [4.69, 9.17) is 0 Å². The molecule has 1 aliphatic rings. The first-order valence-electron chi connectivity index (χ1n) is 8.14. The van der Waals surface area contributed by atoms with Gasteiger partial charge in [0.05, 0.1) is 0 Å². The minimum Gasteiger partial charge on any atom is -0.0622 e. The van der Waals surface area contributed by atoms with Crippen LogP contribution in [0.25, 0.3) is 5.57 Å². The molecule has 0 saturated carbocycles. The molecule has 3 aromatic rings. The highest BCUT2D eigenvalue weighted by molar-refractivity contribution is 5.88. The average molecular weight is 296 g/mol. The Morgan fingerprint density at radius 1 is 0.739 bits per heavy atom. The maximum Gasteiger partial charge on any atom is 0.0369 e. The van der Waals surface area contributed by atoms with E-state index in [0.29, 0.717) is 0 Å². The summed E-state index contributed by atoms with van der Waals surface area (Å²) in [5, 5.41) is 0. The summed E-state index contributed by atoms with van der Waals surface area (Å²) in [6.07, 6.45) is 2.43. The van der Waals surface area contributed by atoms with Crippen molar-refractivity contribution in [3.8, 4) is 0 Å². The molecule has 0 radical (unpaired) electrons. The summed E-state index contributed by atoms with van der Waals surface area (Å²) in [6.45, 7) is 4.50.